The smallest absolute Gasteiger partial charge is 0.243 e. The van der Waals surface area contributed by atoms with Crippen LogP contribution in [0.25, 0.3) is 0 Å². The molecule has 5 heteroatoms. The fourth-order valence-electron chi connectivity index (χ4n) is 2.67. The average molecular weight is 311 g/mol. The minimum Gasteiger partial charge on any atom is -0.396 e. The lowest BCUT2D eigenvalue weighted by Gasteiger charge is -2.31. The Balaban J connectivity index is 2.23. The van der Waals surface area contributed by atoms with Gasteiger partial charge in [-0.1, -0.05) is 32.9 Å². The molecule has 1 saturated heterocycles. The van der Waals surface area contributed by atoms with Crippen molar-refractivity contribution in [3.63, 3.8) is 0 Å². The number of aliphatic hydroxyl groups is 1. The molecule has 0 bridgehead atoms. The van der Waals surface area contributed by atoms with Gasteiger partial charge in [-0.3, -0.25) is 0 Å². The molecule has 1 atom stereocenters. The van der Waals surface area contributed by atoms with E-state index in [0.717, 1.165) is 18.4 Å². The van der Waals surface area contributed by atoms with Gasteiger partial charge >= 0.3 is 0 Å². The average Bonchev–Trinajstić information content (AvgIpc) is 2.46. The number of hydrogen-bond donors (Lipinski definition) is 1. The predicted molar refractivity (Wildman–Crippen MR) is 83.7 cm³/mol. The van der Waals surface area contributed by atoms with Crippen molar-refractivity contribution in [3.8, 4) is 0 Å². The van der Waals surface area contributed by atoms with E-state index in [4.69, 9.17) is 0 Å². The van der Waals surface area contributed by atoms with Crippen LogP contribution in [0.1, 0.15) is 39.2 Å². The second-order valence-corrected chi connectivity index (χ2v) is 8.77. The Morgan fingerprint density at radius 1 is 1.24 bits per heavy atom. The molecule has 21 heavy (non-hydrogen) atoms. The number of rotatable bonds is 3. The van der Waals surface area contributed by atoms with Crippen LogP contribution < -0.4 is 0 Å². The molecule has 0 aromatic heterocycles. The molecular weight excluding hydrogens is 286 g/mol. The molecule has 0 saturated carbocycles. The Morgan fingerprint density at radius 2 is 1.86 bits per heavy atom. The van der Waals surface area contributed by atoms with Crippen LogP contribution in [0.4, 0.5) is 0 Å². The van der Waals surface area contributed by atoms with Gasteiger partial charge in [0, 0.05) is 19.7 Å². The van der Waals surface area contributed by atoms with E-state index in [1.54, 1.807) is 12.1 Å². The van der Waals surface area contributed by atoms with Crippen molar-refractivity contribution >= 4 is 10.0 Å². The molecule has 118 valence electrons. The fourth-order valence-corrected chi connectivity index (χ4v) is 4.22. The summed E-state index contributed by atoms with van der Waals surface area (Å²) in [6.07, 6.45) is 1.70. The fraction of sp³-hybridized carbons (Fsp3) is 0.625. The maximum Gasteiger partial charge on any atom is 0.243 e. The van der Waals surface area contributed by atoms with Crippen molar-refractivity contribution in [2.24, 2.45) is 5.92 Å². The van der Waals surface area contributed by atoms with Crippen molar-refractivity contribution in [2.45, 2.75) is 43.9 Å². The van der Waals surface area contributed by atoms with Gasteiger partial charge in [0.1, 0.15) is 0 Å². The first-order valence-corrected chi connectivity index (χ1v) is 8.90. The second-order valence-electron chi connectivity index (χ2n) is 6.83. The Hall–Kier alpha value is -0.910. The Bertz CT molecular complexity index is 573. The lowest BCUT2D eigenvalue weighted by molar-refractivity contribution is 0.165. The molecule has 1 aromatic rings. The Labute approximate surface area is 127 Å². The predicted octanol–water partition coefficient (Wildman–Crippen LogP) is 2.38. The summed E-state index contributed by atoms with van der Waals surface area (Å²) in [6.45, 7) is 7.32. The van der Waals surface area contributed by atoms with Gasteiger partial charge in [-0.25, -0.2) is 8.42 Å². The molecule has 0 aliphatic carbocycles. The molecule has 1 unspecified atom stereocenters. The first-order valence-electron chi connectivity index (χ1n) is 7.46. The number of hydrogen-bond acceptors (Lipinski definition) is 3. The zero-order chi connectivity index (χ0) is 15.7. The topological polar surface area (TPSA) is 57.6 Å². The third-order valence-electron chi connectivity index (χ3n) is 4.10. The van der Waals surface area contributed by atoms with Crippen LogP contribution in [-0.4, -0.2) is 37.5 Å². The lowest BCUT2D eigenvalue weighted by atomic mass is 9.87. The normalized spacial score (nSPS) is 21.4. The summed E-state index contributed by atoms with van der Waals surface area (Å²) in [5.41, 5.74) is 1.13. The van der Waals surface area contributed by atoms with Gasteiger partial charge < -0.3 is 5.11 Å². The van der Waals surface area contributed by atoms with Crippen molar-refractivity contribution in [3.05, 3.63) is 29.8 Å². The van der Waals surface area contributed by atoms with Crippen molar-refractivity contribution < 1.29 is 13.5 Å². The van der Waals surface area contributed by atoms with Crippen LogP contribution in [0, 0.1) is 5.92 Å². The zero-order valence-corrected chi connectivity index (χ0v) is 13.9. The van der Waals surface area contributed by atoms with Crippen LogP contribution in [0.2, 0.25) is 0 Å². The molecule has 0 spiro atoms. The van der Waals surface area contributed by atoms with E-state index in [1.165, 1.54) is 4.31 Å². The van der Waals surface area contributed by atoms with Gasteiger partial charge in [0.15, 0.2) is 0 Å². The van der Waals surface area contributed by atoms with Crippen LogP contribution in [0.5, 0.6) is 0 Å². The maximum atomic E-state index is 12.7. The largest absolute Gasteiger partial charge is 0.396 e. The van der Waals surface area contributed by atoms with Crippen molar-refractivity contribution in [1.82, 2.24) is 4.31 Å². The molecule has 0 radical (unpaired) electrons. The summed E-state index contributed by atoms with van der Waals surface area (Å²) in [5.74, 6) is 0.0578. The molecule has 0 amide bonds. The molecular formula is C16H25NO3S. The molecule has 1 aliphatic rings. The van der Waals surface area contributed by atoms with E-state index < -0.39 is 10.0 Å². The van der Waals surface area contributed by atoms with Gasteiger partial charge in [0.25, 0.3) is 0 Å². The van der Waals surface area contributed by atoms with E-state index >= 15 is 0 Å². The highest BCUT2D eigenvalue weighted by Crippen LogP contribution is 2.26. The van der Waals surface area contributed by atoms with Crippen LogP contribution in [0.3, 0.4) is 0 Å². The van der Waals surface area contributed by atoms with Crippen LogP contribution in [0.15, 0.2) is 29.2 Å². The van der Waals surface area contributed by atoms with Gasteiger partial charge in [-0.05, 0) is 41.9 Å². The number of sulfonamides is 1. The summed E-state index contributed by atoms with van der Waals surface area (Å²) in [5, 5.41) is 9.25. The minimum absolute atomic E-state index is 0.00933. The first-order chi connectivity index (χ1) is 9.75. The molecule has 2 rings (SSSR count). The first kappa shape index (κ1) is 16.5. The van der Waals surface area contributed by atoms with E-state index in [2.05, 4.69) is 20.8 Å². The van der Waals surface area contributed by atoms with Crippen molar-refractivity contribution in [2.75, 3.05) is 19.7 Å². The van der Waals surface area contributed by atoms with E-state index in [-0.39, 0.29) is 17.9 Å². The number of aliphatic hydroxyl groups excluding tert-OH is 1. The third-order valence-corrected chi connectivity index (χ3v) is 5.98. The quantitative estimate of drug-likeness (QED) is 0.932. The van der Waals surface area contributed by atoms with Crippen molar-refractivity contribution in [1.29, 1.82) is 0 Å². The number of nitrogens with zero attached hydrogens (tertiary/aromatic N) is 1. The molecule has 1 heterocycles. The highest BCUT2D eigenvalue weighted by atomic mass is 32.2. The standard InChI is InChI=1S/C16H25NO3S/c1-16(2,3)14-6-8-15(9-7-14)21(19,20)17-10-4-5-13(11-17)12-18/h6-9,13,18H,4-5,10-12H2,1-3H3. The highest BCUT2D eigenvalue weighted by Gasteiger charge is 2.30. The molecule has 1 N–H and O–H groups in total. The highest BCUT2D eigenvalue weighted by molar-refractivity contribution is 7.89. The molecule has 1 fully saturated rings. The minimum atomic E-state index is -3.45. The van der Waals surface area contributed by atoms with E-state index in [9.17, 15) is 13.5 Å². The zero-order valence-electron chi connectivity index (χ0n) is 13.0. The van der Waals surface area contributed by atoms with E-state index in [1.807, 2.05) is 12.1 Å². The summed E-state index contributed by atoms with van der Waals surface area (Å²) >= 11 is 0. The number of benzene rings is 1. The van der Waals surface area contributed by atoms with Crippen LogP contribution in [-0.2, 0) is 15.4 Å². The monoisotopic (exact) mass is 311 g/mol. The maximum absolute atomic E-state index is 12.7. The number of piperidine rings is 1. The van der Waals surface area contributed by atoms with Crippen LogP contribution >= 0.6 is 0 Å². The van der Waals surface area contributed by atoms with E-state index in [0.29, 0.717) is 18.0 Å². The van der Waals surface area contributed by atoms with Gasteiger partial charge in [0.2, 0.25) is 10.0 Å². The Morgan fingerprint density at radius 3 is 2.38 bits per heavy atom. The SMILES string of the molecule is CC(C)(C)c1ccc(S(=O)(=O)N2CCCC(CO)C2)cc1. The second kappa shape index (κ2) is 6.07. The summed E-state index contributed by atoms with van der Waals surface area (Å²) in [6, 6.07) is 7.16. The summed E-state index contributed by atoms with van der Waals surface area (Å²) in [4.78, 5) is 0.342. The molecule has 4 nitrogen and oxygen atoms in total. The lowest BCUT2D eigenvalue weighted by Crippen LogP contribution is -2.40. The van der Waals surface area contributed by atoms with Gasteiger partial charge in [0.05, 0.1) is 4.90 Å². The van der Waals surface area contributed by atoms with Gasteiger partial charge in [-0.15, -0.1) is 0 Å². The van der Waals surface area contributed by atoms with Gasteiger partial charge in [-0.2, -0.15) is 4.31 Å². The summed E-state index contributed by atoms with van der Waals surface area (Å²) < 4.78 is 26.8. The molecule has 1 aliphatic heterocycles. The summed E-state index contributed by atoms with van der Waals surface area (Å²) in [7, 11) is -3.45. The third kappa shape index (κ3) is 3.65. The Kier molecular flexibility index (Phi) is 4.76. The molecule has 1 aromatic carbocycles.